The van der Waals surface area contributed by atoms with Gasteiger partial charge in [-0.2, -0.15) is 0 Å². The molecule has 2 aromatic rings. The Morgan fingerprint density at radius 2 is 1.88 bits per heavy atom. The summed E-state index contributed by atoms with van der Waals surface area (Å²) in [5, 5.41) is 22.3. The number of carbonyl (C=O) groups excluding carboxylic acids is 2. The summed E-state index contributed by atoms with van der Waals surface area (Å²) in [6.07, 6.45) is 1.91. The number of methoxy groups -OCH3 is 1. The van der Waals surface area contributed by atoms with E-state index in [4.69, 9.17) is 9.47 Å². The first-order valence-electron chi connectivity index (χ1n) is 10.6. The number of amides is 1. The molecular formula is C24H26N2O7. The van der Waals surface area contributed by atoms with Gasteiger partial charge < -0.3 is 19.5 Å². The highest BCUT2D eigenvalue weighted by Crippen LogP contribution is 2.40. The molecule has 1 heterocycles. The summed E-state index contributed by atoms with van der Waals surface area (Å²) in [7, 11) is 1.46. The minimum atomic E-state index is -0.986. The Morgan fingerprint density at radius 3 is 2.52 bits per heavy atom. The van der Waals surface area contributed by atoms with E-state index in [0.29, 0.717) is 23.5 Å². The number of ketones is 1. The first kappa shape index (κ1) is 23.9. The largest absolute Gasteiger partial charge is 0.507 e. The van der Waals surface area contributed by atoms with Gasteiger partial charge >= 0.3 is 0 Å². The first-order valence-corrected chi connectivity index (χ1v) is 10.6. The fourth-order valence-corrected chi connectivity index (χ4v) is 3.65. The van der Waals surface area contributed by atoms with E-state index in [2.05, 4.69) is 6.92 Å². The van der Waals surface area contributed by atoms with E-state index < -0.39 is 22.7 Å². The van der Waals surface area contributed by atoms with Crippen LogP contribution < -0.4 is 4.74 Å². The van der Waals surface area contributed by atoms with Crippen LogP contribution in [0, 0.1) is 10.1 Å². The number of non-ortho nitro benzene ring substituents is 1. The molecule has 1 unspecified atom stereocenters. The minimum Gasteiger partial charge on any atom is -0.507 e. The van der Waals surface area contributed by atoms with Crippen molar-refractivity contribution in [3.05, 3.63) is 75.3 Å². The molecule has 1 fully saturated rings. The predicted molar refractivity (Wildman–Crippen MR) is 121 cm³/mol. The number of unbranched alkanes of at least 4 members (excludes halogenated alkanes) is 1. The number of nitro benzene ring substituents is 1. The molecule has 1 aliphatic heterocycles. The Labute approximate surface area is 191 Å². The molecular weight excluding hydrogens is 428 g/mol. The molecule has 0 saturated carbocycles. The molecule has 0 radical (unpaired) electrons. The van der Waals surface area contributed by atoms with E-state index in [1.54, 1.807) is 30.3 Å². The fourth-order valence-electron chi connectivity index (χ4n) is 3.65. The zero-order chi connectivity index (χ0) is 24.0. The monoisotopic (exact) mass is 454 g/mol. The van der Waals surface area contributed by atoms with Crippen LogP contribution in [-0.4, -0.2) is 53.5 Å². The summed E-state index contributed by atoms with van der Waals surface area (Å²) < 4.78 is 10.7. The van der Waals surface area contributed by atoms with Crippen molar-refractivity contribution < 1.29 is 29.1 Å². The van der Waals surface area contributed by atoms with Gasteiger partial charge in [-0.15, -0.1) is 0 Å². The van der Waals surface area contributed by atoms with E-state index in [1.165, 1.54) is 30.2 Å². The van der Waals surface area contributed by atoms with Crippen LogP contribution in [0.3, 0.4) is 0 Å². The molecule has 0 aromatic heterocycles. The van der Waals surface area contributed by atoms with Crippen molar-refractivity contribution in [1.29, 1.82) is 0 Å². The maximum Gasteiger partial charge on any atom is 0.295 e. The smallest absolute Gasteiger partial charge is 0.295 e. The van der Waals surface area contributed by atoms with E-state index in [9.17, 15) is 24.8 Å². The minimum absolute atomic E-state index is 0.0788. The number of hydrogen-bond acceptors (Lipinski definition) is 7. The van der Waals surface area contributed by atoms with Crippen molar-refractivity contribution in [2.45, 2.75) is 25.8 Å². The SMILES string of the molecule is CCCCOc1ccc(/C(O)=C2\C(=O)C(=O)N(CCOC)C2c2cccc([N+](=O)[O-])c2)cc1. The number of benzene rings is 2. The molecule has 9 nitrogen and oxygen atoms in total. The van der Waals surface area contributed by atoms with Crippen LogP contribution in [-0.2, 0) is 14.3 Å². The lowest BCUT2D eigenvalue weighted by molar-refractivity contribution is -0.384. The van der Waals surface area contributed by atoms with Gasteiger partial charge in [0.05, 0.1) is 29.8 Å². The normalized spacial score (nSPS) is 17.4. The number of hydrogen-bond donors (Lipinski definition) is 1. The highest BCUT2D eigenvalue weighted by atomic mass is 16.6. The number of ether oxygens (including phenoxy) is 2. The lowest BCUT2D eigenvalue weighted by Crippen LogP contribution is -2.32. The van der Waals surface area contributed by atoms with E-state index in [-0.39, 0.29) is 30.2 Å². The number of aliphatic hydroxyl groups excluding tert-OH is 1. The quantitative estimate of drug-likeness (QED) is 0.145. The molecule has 1 N–H and O–H groups in total. The number of nitrogens with zero attached hydrogens (tertiary/aromatic N) is 2. The van der Waals surface area contributed by atoms with Crippen molar-refractivity contribution >= 4 is 23.1 Å². The maximum atomic E-state index is 12.9. The summed E-state index contributed by atoms with van der Waals surface area (Å²) in [6.45, 7) is 2.86. The highest BCUT2D eigenvalue weighted by Gasteiger charge is 2.46. The van der Waals surface area contributed by atoms with Gasteiger partial charge in [0.25, 0.3) is 17.4 Å². The third kappa shape index (κ3) is 5.20. The zero-order valence-electron chi connectivity index (χ0n) is 18.5. The van der Waals surface area contributed by atoms with Crippen LogP contribution in [0.1, 0.15) is 36.9 Å². The van der Waals surface area contributed by atoms with Crippen molar-refractivity contribution in [3.8, 4) is 5.75 Å². The summed E-state index contributed by atoms with van der Waals surface area (Å²) in [4.78, 5) is 37.7. The first-order chi connectivity index (χ1) is 15.9. The summed E-state index contributed by atoms with van der Waals surface area (Å²) >= 11 is 0. The molecule has 0 aliphatic carbocycles. The van der Waals surface area contributed by atoms with E-state index >= 15 is 0 Å². The molecule has 1 amide bonds. The van der Waals surface area contributed by atoms with Crippen LogP contribution >= 0.6 is 0 Å². The lowest BCUT2D eigenvalue weighted by atomic mass is 9.95. The molecule has 9 heteroatoms. The van der Waals surface area contributed by atoms with Crippen molar-refractivity contribution in [2.75, 3.05) is 26.9 Å². The third-order valence-corrected chi connectivity index (χ3v) is 5.37. The van der Waals surface area contributed by atoms with Crippen LogP contribution in [0.2, 0.25) is 0 Å². The lowest BCUT2D eigenvalue weighted by Gasteiger charge is -2.24. The molecule has 1 aliphatic rings. The molecule has 174 valence electrons. The molecule has 33 heavy (non-hydrogen) atoms. The predicted octanol–water partition coefficient (Wildman–Crippen LogP) is 3.84. The Kier molecular flexibility index (Phi) is 7.78. The van der Waals surface area contributed by atoms with Crippen molar-refractivity contribution in [1.82, 2.24) is 4.90 Å². The van der Waals surface area contributed by atoms with E-state index in [0.717, 1.165) is 12.8 Å². The van der Waals surface area contributed by atoms with Gasteiger partial charge in [-0.3, -0.25) is 19.7 Å². The van der Waals surface area contributed by atoms with Gasteiger partial charge in [-0.05, 0) is 36.2 Å². The average molecular weight is 454 g/mol. The number of aliphatic hydroxyl groups is 1. The average Bonchev–Trinajstić information content (AvgIpc) is 3.07. The van der Waals surface area contributed by atoms with Crippen LogP contribution in [0.15, 0.2) is 54.1 Å². The molecule has 3 rings (SSSR count). The number of carbonyl (C=O) groups is 2. The second kappa shape index (κ2) is 10.7. The summed E-state index contributed by atoms with van der Waals surface area (Å²) in [6, 6.07) is 11.3. The van der Waals surface area contributed by atoms with Gasteiger partial charge in [0.15, 0.2) is 0 Å². The van der Waals surface area contributed by atoms with Gasteiger partial charge in [0.2, 0.25) is 0 Å². The van der Waals surface area contributed by atoms with Crippen molar-refractivity contribution in [2.24, 2.45) is 0 Å². The number of rotatable bonds is 10. The van der Waals surface area contributed by atoms with Crippen LogP contribution in [0.5, 0.6) is 5.75 Å². The van der Waals surface area contributed by atoms with Crippen molar-refractivity contribution in [3.63, 3.8) is 0 Å². The Hall–Kier alpha value is -3.72. The molecule has 0 bridgehead atoms. The van der Waals surface area contributed by atoms with Gasteiger partial charge in [-0.25, -0.2) is 0 Å². The van der Waals surface area contributed by atoms with Gasteiger partial charge in [0.1, 0.15) is 11.5 Å². The second-order valence-corrected chi connectivity index (χ2v) is 7.56. The van der Waals surface area contributed by atoms with E-state index in [1.807, 2.05) is 0 Å². The van der Waals surface area contributed by atoms with Gasteiger partial charge in [-0.1, -0.05) is 25.5 Å². The molecule has 0 spiro atoms. The molecule has 2 aromatic carbocycles. The number of likely N-dealkylation sites (tertiary alicyclic amines) is 1. The second-order valence-electron chi connectivity index (χ2n) is 7.56. The zero-order valence-corrected chi connectivity index (χ0v) is 18.5. The molecule has 1 atom stereocenters. The molecule has 1 saturated heterocycles. The van der Waals surface area contributed by atoms with Crippen LogP contribution in [0.4, 0.5) is 5.69 Å². The Bertz CT molecular complexity index is 1060. The summed E-state index contributed by atoms with van der Waals surface area (Å²) in [5.41, 5.74) is 0.369. The topological polar surface area (TPSA) is 119 Å². The van der Waals surface area contributed by atoms with Gasteiger partial charge in [0, 0.05) is 31.4 Å². The van der Waals surface area contributed by atoms with Crippen LogP contribution in [0.25, 0.3) is 5.76 Å². The number of nitro groups is 1. The number of Topliss-reactive ketones (excluding diaryl/α,β-unsaturated/α-hetero) is 1. The standard InChI is InChI=1S/C24H26N2O7/c1-3-4-13-33-19-10-8-16(9-11-19)22(27)20-21(17-6-5-7-18(15-17)26(30)31)25(12-14-32-2)24(29)23(20)28/h5-11,15,21,27H,3-4,12-14H2,1-2H3/b22-20+. The third-order valence-electron chi connectivity index (χ3n) is 5.37. The Morgan fingerprint density at radius 1 is 1.15 bits per heavy atom. The Balaban J connectivity index is 2.05. The highest BCUT2D eigenvalue weighted by molar-refractivity contribution is 6.46. The maximum absolute atomic E-state index is 12.9. The fraction of sp³-hybridized carbons (Fsp3) is 0.333. The summed E-state index contributed by atoms with van der Waals surface area (Å²) in [5.74, 6) is -1.39.